The van der Waals surface area contributed by atoms with Gasteiger partial charge in [-0.15, -0.1) is 11.3 Å². The number of para-hydroxylation sites is 1. The largest absolute Gasteiger partial charge is 0.369 e. The molecule has 1 aliphatic rings. The molecule has 2 heterocycles. The van der Waals surface area contributed by atoms with Gasteiger partial charge in [0, 0.05) is 49.4 Å². The molecular weight excluding hydrogens is 326 g/mol. The molecule has 0 N–H and O–H groups in total. The Labute approximate surface area is 153 Å². The Balaban J connectivity index is 1.37. The quantitative estimate of drug-likeness (QED) is 0.694. The lowest BCUT2D eigenvalue weighted by Crippen LogP contribution is -2.46. The third-order valence-corrected chi connectivity index (χ3v) is 5.73. The molecule has 4 heteroatoms. The molecule has 25 heavy (non-hydrogen) atoms. The summed E-state index contributed by atoms with van der Waals surface area (Å²) in [5, 5.41) is 3.35. The Morgan fingerprint density at radius 3 is 2.40 bits per heavy atom. The fraction of sp³-hybridized carbons (Fsp3) is 0.286. The predicted molar refractivity (Wildman–Crippen MR) is 106 cm³/mol. The molecule has 0 radical (unpaired) electrons. The van der Waals surface area contributed by atoms with Crippen molar-refractivity contribution in [1.82, 2.24) is 9.88 Å². The van der Waals surface area contributed by atoms with E-state index in [2.05, 4.69) is 76.7 Å². The number of aryl methyl sites for hydroxylation is 1. The number of rotatable bonds is 4. The van der Waals surface area contributed by atoms with E-state index in [1.54, 1.807) is 11.3 Å². The standard InChI is InChI=1S/C21H23N3S/c1-17-7-5-6-10-20(17)21-22-18(16-25-21)15-23-11-13-24(14-12-23)19-8-3-2-4-9-19/h2-10,16H,11-15H2,1H3. The van der Waals surface area contributed by atoms with Crippen molar-refractivity contribution in [3.8, 4) is 10.6 Å². The van der Waals surface area contributed by atoms with E-state index in [4.69, 9.17) is 4.98 Å². The van der Waals surface area contributed by atoms with E-state index in [1.807, 2.05) is 0 Å². The third kappa shape index (κ3) is 3.75. The lowest BCUT2D eigenvalue weighted by molar-refractivity contribution is 0.247. The maximum Gasteiger partial charge on any atom is 0.123 e. The molecule has 0 amide bonds. The molecule has 1 fully saturated rings. The van der Waals surface area contributed by atoms with Crippen LogP contribution in [-0.2, 0) is 6.54 Å². The second-order valence-electron chi connectivity index (χ2n) is 6.56. The van der Waals surface area contributed by atoms with Crippen LogP contribution in [0.5, 0.6) is 0 Å². The average Bonchev–Trinajstić information content (AvgIpc) is 3.12. The molecule has 1 saturated heterocycles. The highest BCUT2D eigenvalue weighted by Crippen LogP contribution is 2.27. The van der Waals surface area contributed by atoms with Gasteiger partial charge in [0.2, 0.25) is 0 Å². The van der Waals surface area contributed by atoms with Crippen LogP contribution >= 0.6 is 11.3 Å². The first kappa shape index (κ1) is 16.3. The summed E-state index contributed by atoms with van der Waals surface area (Å²) in [7, 11) is 0. The van der Waals surface area contributed by atoms with Gasteiger partial charge in [-0.25, -0.2) is 4.98 Å². The van der Waals surface area contributed by atoms with Crippen molar-refractivity contribution in [3.05, 3.63) is 71.2 Å². The number of hydrogen-bond acceptors (Lipinski definition) is 4. The molecule has 0 aliphatic carbocycles. The number of hydrogen-bond donors (Lipinski definition) is 0. The van der Waals surface area contributed by atoms with Gasteiger partial charge in [-0.05, 0) is 24.6 Å². The Hall–Kier alpha value is -2.17. The smallest absolute Gasteiger partial charge is 0.123 e. The number of benzene rings is 2. The second kappa shape index (κ2) is 7.38. The van der Waals surface area contributed by atoms with Crippen LogP contribution in [0.15, 0.2) is 60.0 Å². The van der Waals surface area contributed by atoms with Crippen molar-refractivity contribution in [2.75, 3.05) is 31.1 Å². The topological polar surface area (TPSA) is 19.4 Å². The number of nitrogens with zero attached hydrogens (tertiary/aromatic N) is 3. The number of thiazole rings is 1. The molecule has 128 valence electrons. The van der Waals surface area contributed by atoms with Crippen LogP contribution in [0.2, 0.25) is 0 Å². The minimum absolute atomic E-state index is 0.949. The second-order valence-corrected chi connectivity index (χ2v) is 7.42. The van der Waals surface area contributed by atoms with Gasteiger partial charge in [-0.1, -0.05) is 42.5 Å². The Morgan fingerprint density at radius 2 is 1.64 bits per heavy atom. The summed E-state index contributed by atoms with van der Waals surface area (Å²) < 4.78 is 0. The van der Waals surface area contributed by atoms with Crippen LogP contribution in [-0.4, -0.2) is 36.1 Å². The summed E-state index contributed by atoms with van der Waals surface area (Å²) in [6.07, 6.45) is 0. The minimum Gasteiger partial charge on any atom is -0.369 e. The molecule has 4 rings (SSSR count). The summed E-state index contributed by atoms with van der Waals surface area (Å²) in [6.45, 7) is 7.44. The number of piperazine rings is 1. The van der Waals surface area contributed by atoms with E-state index in [0.29, 0.717) is 0 Å². The highest BCUT2D eigenvalue weighted by atomic mass is 32.1. The average molecular weight is 350 g/mol. The lowest BCUT2D eigenvalue weighted by atomic mass is 10.1. The van der Waals surface area contributed by atoms with Gasteiger partial charge in [0.1, 0.15) is 5.01 Å². The van der Waals surface area contributed by atoms with Gasteiger partial charge in [0.05, 0.1) is 5.69 Å². The first-order valence-electron chi connectivity index (χ1n) is 8.82. The SMILES string of the molecule is Cc1ccccc1-c1nc(CN2CCN(c3ccccc3)CC2)cs1. The van der Waals surface area contributed by atoms with Gasteiger partial charge in [0.15, 0.2) is 0 Å². The Morgan fingerprint density at radius 1 is 0.920 bits per heavy atom. The summed E-state index contributed by atoms with van der Waals surface area (Å²) >= 11 is 1.75. The predicted octanol–water partition coefficient (Wildman–Crippen LogP) is 4.44. The molecular formula is C21H23N3S. The Bertz CT molecular complexity index is 820. The van der Waals surface area contributed by atoms with Crippen molar-refractivity contribution in [2.24, 2.45) is 0 Å². The fourth-order valence-electron chi connectivity index (χ4n) is 3.35. The molecule has 0 saturated carbocycles. The molecule has 1 aliphatic heterocycles. The van der Waals surface area contributed by atoms with Gasteiger partial charge in [-0.2, -0.15) is 0 Å². The molecule has 2 aromatic carbocycles. The summed E-state index contributed by atoms with van der Waals surface area (Å²) in [4.78, 5) is 9.85. The van der Waals surface area contributed by atoms with Crippen molar-refractivity contribution in [2.45, 2.75) is 13.5 Å². The van der Waals surface area contributed by atoms with Crippen LogP contribution in [0.25, 0.3) is 10.6 Å². The van der Waals surface area contributed by atoms with E-state index in [9.17, 15) is 0 Å². The van der Waals surface area contributed by atoms with Gasteiger partial charge < -0.3 is 4.90 Å². The first-order valence-corrected chi connectivity index (χ1v) is 9.70. The molecule has 0 spiro atoms. The van der Waals surface area contributed by atoms with Crippen LogP contribution in [0, 0.1) is 6.92 Å². The van der Waals surface area contributed by atoms with Crippen LogP contribution in [0.4, 0.5) is 5.69 Å². The van der Waals surface area contributed by atoms with Crippen LogP contribution in [0.1, 0.15) is 11.3 Å². The maximum atomic E-state index is 4.88. The summed E-state index contributed by atoms with van der Waals surface area (Å²) in [6, 6.07) is 19.2. The van der Waals surface area contributed by atoms with Crippen molar-refractivity contribution < 1.29 is 0 Å². The van der Waals surface area contributed by atoms with Gasteiger partial charge in [-0.3, -0.25) is 4.90 Å². The molecule has 1 aromatic heterocycles. The molecule has 0 atom stereocenters. The van der Waals surface area contributed by atoms with Gasteiger partial charge in [0.25, 0.3) is 0 Å². The van der Waals surface area contributed by atoms with E-state index in [0.717, 1.165) is 37.7 Å². The van der Waals surface area contributed by atoms with Crippen molar-refractivity contribution >= 4 is 17.0 Å². The van der Waals surface area contributed by atoms with Gasteiger partial charge >= 0.3 is 0 Å². The molecule has 0 bridgehead atoms. The maximum absolute atomic E-state index is 4.88. The first-order chi connectivity index (χ1) is 12.3. The van der Waals surface area contributed by atoms with Crippen LogP contribution in [0.3, 0.4) is 0 Å². The lowest BCUT2D eigenvalue weighted by Gasteiger charge is -2.35. The highest BCUT2D eigenvalue weighted by molar-refractivity contribution is 7.13. The minimum atomic E-state index is 0.949. The monoisotopic (exact) mass is 349 g/mol. The molecule has 3 nitrogen and oxygen atoms in total. The van der Waals surface area contributed by atoms with E-state index in [-0.39, 0.29) is 0 Å². The normalized spacial score (nSPS) is 15.5. The van der Waals surface area contributed by atoms with Crippen LogP contribution < -0.4 is 4.90 Å². The van der Waals surface area contributed by atoms with E-state index < -0.39 is 0 Å². The highest BCUT2D eigenvalue weighted by Gasteiger charge is 2.18. The van der Waals surface area contributed by atoms with E-state index >= 15 is 0 Å². The summed E-state index contributed by atoms with van der Waals surface area (Å²) in [5.74, 6) is 0. The molecule has 0 unspecified atom stereocenters. The zero-order valence-electron chi connectivity index (χ0n) is 14.6. The van der Waals surface area contributed by atoms with Crippen molar-refractivity contribution in [3.63, 3.8) is 0 Å². The number of anilines is 1. The Kier molecular flexibility index (Phi) is 4.81. The third-order valence-electron chi connectivity index (χ3n) is 4.81. The van der Waals surface area contributed by atoms with Crippen molar-refractivity contribution in [1.29, 1.82) is 0 Å². The zero-order chi connectivity index (χ0) is 17.1. The van der Waals surface area contributed by atoms with E-state index in [1.165, 1.54) is 22.5 Å². The fourth-order valence-corrected chi connectivity index (χ4v) is 4.25. The zero-order valence-corrected chi connectivity index (χ0v) is 15.4. The number of aromatic nitrogens is 1. The summed E-state index contributed by atoms with van der Waals surface area (Å²) in [5.41, 5.74) is 5.07. The molecule has 3 aromatic rings.